The number of nitrogens with two attached hydrogens (primary N) is 1. The SMILES string of the molecule is C[C@H](N)C(=O)N[C@H]1CCC[C@H]2CCC(C(=O)NCc3ccccc3)N2C1=O. The highest BCUT2D eigenvalue weighted by Crippen LogP contribution is 2.32. The predicted octanol–water partition coefficient (Wildman–Crippen LogP) is 0.678. The van der Waals surface area contributed by atoms with Crippen molar-refractivity contribution in [2.45, 2.75) is 69.7 Å². The summed E-state index contributed by atoms with van der Waals surface area (Å²) in [5.74, 6) is -0.631. The van der Waals surface area contributed by atoms with E-state index < -0.39 is 18.1 Å². The molecular weight excluding hydrogens is 344 g/mol. The van der Waals surface area contributed by atoms with Crippen molar-refractivity contribution in [2.24, 2.45) is 5.73 Å². The van der Waals surface area contributed by atoms with Gasteiger partial charge in [0, 0.05) is 12.6 Å². The summed E-state index contributed by atoms with van der Waals surface area (Å²) in [6.45, 7) is 2.03. The standard InChI is InChI=1S/C20H28N4O3/c1-13(21)18(25)23-16-9-5-8-15-10-11-17(24(15)20(16)27)19(26)22-12-14-6-3-2-4-7-14/h2-4,6-7,13,15-17H,5,8-12,21H2,1H3,(H,22,26)(H,23,25)/t13-,15-,16-,17?/m0/s1. The van der Waals surface area contributed by atoms with Crippen molar-refractivity contribution in [1.29, 1.82) is 0 Å². The Morgan fingerprint density at radius 2 is 1.93 bits per heavy atom. The van der Waals surface area contributed by atoms with Crippen molar-refractivity contribution in [3.63, 3.8) is 0 Å². The number of carbonyl (C=O) groups excluding carboxylic acids is 3. The number of hydrogen-bond acceptors (Lipinski definition) is 4. The van der Waals surface area contributed by atoms with Crippen LogP contribution in [0, 0.1) is 0 Å². The molecule has 2 fully saturated rings. The molecule has 0 aliphatic carbocycles. The number of rotatable bonds is 5. The van der Waals surface area contributed by atoms with Gasteiger partial charge in [-0.05, 0) is 44.6 Å². The first-order valence-corrected chi connectivity index (χ1v) is 9.67. The van der Waals surface area contributed by atoms with Crippen molar-refractivity contribution < 1.29 is 14.4 Å². The number of amides is 3. The molecule has 2 aliphatic rings. The molecule has 1 unspecified atom stereocenters. The van der Waals surface area contributed by atoms with Gasteiger partial charge in [0.15, 0.2) is 0 Å². The third-order valence-corrected chi connectivity index (χ3v) is 5.43. The third-order valence-electron chi connectivity index (χ3n) is 5.43. The van der Waals surface area contributed by atoms with Crippen LogP contribution in [0.2, 0.25) is 0 Å². The number of carbonyl (C=O) groups is 3. The van der Waals surface area contributed by atoms with E-state index in [1.807, 2.05) is 30.3 Å². The summed E-state index contributed by atoms with van der Waals surface area (Å²) in [6.07, 6.45) is 3.77. The van der Waals surface area contributed by atoms with Gasteiger partial charge in [-0.25, -0.2) is 0 Å². The molecular formula is C20H28N4O3. The quantitative estimate of drug-likeness (QED) is 0.707. The molecule has 3 amide bonds. The molecule has 1 aromatic rings. The molecule has 2 saturated heterocycles. The Kier molecular flexibility index (Phi) is 6.11. The zero-order valence-corrected chi connectivity index (χ0v) is 15.7. The molecule has 0 bridgehead atoms. The minimum absolute atomic E-state index is 0.0715. The summed E-state index contributed by atoms with van der Waals surface area (Å²) >= 11 is 0. The summed E-state index contributed by atoms with van der Waals surface area (Å²) in [6, 6.07) is 8.02. The fourth-order valence-corrected chi connectivity index (χ4v) is 3.96. The van der Waals surface area contributed by atoms with Gasteiger partial charge in [0.25, 0.3) is 0 Å². The average Bonchev–Trinajstić information content (AvgIpc) is 3.02. The van der Waals surface area contributed by atoms with Gasteiger partial charge < -0.3 is 21.3 Å². The summed E-state index contributed by atoms with van der Waals surface area (Å²) in [4.78, 5) is 39.5. The van der Waals surface area contributed by atoms with Crippen LogP contribution in [0.25, 0.3) is 0 Å². The average molecular weight is 372 g/mol. The van der Waals surface area contributed by atoms with E-state index in [2.05, 4.69) is 10.6 Å². The Morgan fingerprint density at radius 1 is 1.19 bits per heavy atom. The molecule has 146 valence electrons. The first-order valence-electron chi connectivity index (χ1n) is 9.67. The van der Waals surface area contributed by atoms with Gasteiger partial charge >= 0.3 is 0 Å². The molecule has 7 heteroatoms. The maximum absolute atomic E-state index is 13.1. The second-order valence-corrected chi connectivity index (χ2v) is 7.48. The monoisotopic (exact) mass is 372 g/mol. The van der Waals surface area contributed by atoms with Crippen molar-refractivity contribution >= 4 is 17.7 Å². The fourth-order valence-electron chi connectivity index (χ4n) is 3.96. The summed E-state index contributed by atoms with van der Waals surface area (Å²) < 4.78 is 0. The van der Waals surface area contributed by atoms with Gasteiger partial charge in [-0.1, -0.05) is 30.3 Å². The molecule has 0 spiro atoms. The number of fused-ring (bicyclic) bond motifs is 1. The van der Waals surface area contributed by atoms with Crippen LogP contribution in [-0.4, -0.2) is 46.8 Å². The lowest BCUT2D eigenvalue weighted by atomic mass is 10.1. The Morgan fingerprint density at radius 3 is 2.63 bits per heavy atom. The zero-order chi connectivity index (χ0) is 19.4. The van der Waals surface area contributed by atoms with Crippen molar-refractivity contribution in [3.05, 3.63) is 35.9 Å². The van der Waals surface area contributed by atoms with Crippen LogP contribution in [0.5, 0.6) is 0 Å². The minimum Gasteiger partial charge on any atom is -0.350 e. The molecule has 4 N–H and O–H groups in total. The largest absolute Gasteiger partial charge is 0.350 e. The van der Waals surface area contributed by atoms with Crippen LogP contribution in [0.3, 0.4) is 0 Å². The number of nitrogens with zero attached hydrogens (tertiary/aromatic N) is 1. The van der Waals surface area contributed by atoms with Crippen LogP contribution >= 0.6 is 0 Å². The van der Waals surface area contributed by atoms with E-state index in [9.17, 15) is 14.4 Å². The molecule has 2 heterocycles. The lowest BCUT2D eigenvalue weighted by molar-refractivity contribution is -0.142. The molecule has 0 aromatic heterocycles. The van der Waals surface area contributed by atoms with Crippen LogP contribution in [0.15, 0.2) is 30.3 Å². The molecule has 27 heavy (non-hydrogen) atoms. The Hall–Kier alpha value is -2.41. The first-order chi connectivity index (χ1) is 13.0. The lowest BCUT2D eigenvalue weighted by Gasteiger charge is -2.30. The highest BCUT2D eigenvalue weighted by atomic mass is 16.2. The van der Waals surface area contributed by atoms with Gasteiger partial charge in [-0.3, -0.25) is 14.4 Å². The molecule has 1 aromatic carbocycles. The first kappa shape index (κ1) is 19.4. The Balaban J connectivity index is 1.67. The van der Waals surface area contributed by atoms with Gasteiger partial charge in [-0.15, -0.1) is 0 Å². The van der Waals surface area contributed by atoms with E-state index in [-0.39, 0.29) is 23.8 Å². The molecule has 4 atom stereocenters. The Bertz CT molecular complexity index is 692. The molecule has 0 saturated carbocycles. The van der Waals surface area contributed by atoms with E-state index in [0.29, 0.717) is 19.4 Å². The van der Waals surface area contributed by atoms with Gasteiger partial charge in [-0.2, -0.15) is 0 Å². The maximum atomic E-state index is 13.1. The van der Waals surface area contributed by atoms with Crippen LogP contribution < -0.4 is 16.4 Å². The highest BCUT2D eigenvalue weighted by molar-refractivity contribution is 5.93. The van der Waals surface area contributed by atoms with Gasteiger partial charge in [0.2, 0.25) is 17.7 Å². The highest BCUT2D eigenvalue weighted by Gasteiger charge is 2.44. The van der Waals surface area contributed by atoms with Crippen LogP contribution in [-0.2, 0) is 20.9 Å². The van der Waals surface area contributed by atoms with E-state index in [1.165, 1.54) is 0 Å². The summed E-state index contributed by atoms with van der Waals surface area (Å²) in [5, 5.41) is 5.70. The maximum Gasteiger partial charge on any atom is 0.246 e. The zero-order valence-electron chi connectivity index (χ0n) is 15.7. The number of hydrogen-bond donors (Lipinski definition) is 3. The molecule has 0 radical (unpaired) electrons. The lowest BCUT2D eigenvalue weighted by Crippen LogP contribution is -2.55. The van der Waals surface area contributed by atoms with Gasteiger partial charge in [0.05, 0.1) is 6.04 Å². The smallest absolute Gasteiger partial charge is 0.246 e. The molecule has 3 rings (SSSR count). The third kappa shape index (κ3) is 4.47. The Labute approximate surface area is 159 Å². The number of benzene rings is 1. The van der Waals surface area contributed by atoms with E-state index in [1.54, 1.807) is 11.8 Å². The van der Waals surface area contributed by atoms with E-state index in [0.717, 1.165) is 24.8 Å². The van der Waals surface area contributed by atoms with Crippen molar-refractivity contribution in [2.75, 3.05) is 0 Å². The van der Waals surface area contributed by atoms with Crippen molar-refractivity contribution in [3.8, 4) is 0 Å². The van der Waals surface area contributed by atoms with Crippen LogP contribution in [0.1, 0.15) is 44.6 Å². The van der Waals surface area contributed by atoms with E-state index >= 15 is 0 Å². The molecule has 7 nitrogen and oxygen atoms in total. The van der Waals surface area contributed by atoms with Crippen molar-refractivity contribution in [1.82, 2.24) is 15.5 Å². The predicted molar refractivity (Wildman–Crippen MR) is 101 cm³/mol. The second-order valence-electron chi connectivity index (χ2n) is 7.48. The molecule has 2 aliphatic heterocycles. The van der Waals surface area contributed by atoms with Gasteiger partial charge in [0.1, 0.15) is 12.1 Å². The summed E-state index contributed by atoms with van der Waals surface area (Å²) in [5.41, 5.74) is 6.63. The normalized spacial score (nSPS) is 26.1. The van der Waals surface area contributed by atoms with E-state index in [4.69, 9.17) is 5.73 Å². The second kappa shape index (κ2) is 8.52. The topological polar surface area (TPSA) is 105 Å². The minimum atomic E-state index is -0.666. The summed E-state index contributed by atoms with van der Waals surface area (Å²) in [7, 11) is 0. The number of nitrogens with one attached hydrogen (secondary N) is 2. The van der Waals surface area contributed by atoms with Crippen LogP contribution in [0.4, 0.5) is 0 Å². The fraction of sp³-hybridized carbons (Fsp3) is 0.550.